The summed E-state index contributed by atoms with van der Waals surface area (Å²) in [6.45, 7) is 0. The molecule has 0 fully saturated rings. The van der Waals surface area contributed by atoms with Gasteiger partial charge in [0.1, 0.15) is 5.82 Å². The molecule has 0 unspecified atom stereocenters. The Balaban J connectivity index is 1.89. The summed E-state index contributed by atoms with van der Waals surface area (Å²) in [5.41, 5.74) is 0.170. The third kappa shape index (κ3) is 4.53. The van der Waals surface area contributed by atoms with Crippen LogP contribution < -0.4 is 10.0 Å². The van der Waals surface area contributed by atoms with Gasteiger partial charge in [-0.3, -0.25) is 9.52 Å². The van der Waals surface area contributed by atoms with Gasteiger partial charge in [0.15, 0.2) is 0 Å². The van der Waals surface area contributed by atoms with Crippen molar-refractivity contribution in [2.45, 2.75) is 4.90 Å². The maximum atomic E-state index is 13.8. The molecule has 0 aliphatic carbocycles. The van der Waals surface area contributed by atoms with E-state index >= 15 is 0 Å². The van der Waals surface area contributed by atoms with Gasteiger partial charge in [0.05, 0.1) is 21.8 Å². The van der Waals surface area contributed by atoms with Gasteiger partial charge in [-0.1, -0.05) is 40.2 Å². The number of nitrogens with one attached hydrogen (secondary N) is 2. The van der Waals surface area contributed by atoms with Gasteiger partial charge in [0.25, 0.3) is 15.9 Å². The number of amides is 1. The highest BCUT2D eigenvalue weighted by Gasteiger charge is 2.19. The van der Waals surface area contributed by atoms with Crippen LogP contribution >= 0.6 is 15.9 Å². The van der Waals surface area contributed by atoms with Crippen molar-refractivity contribution in [3.63, 3.8) is 0 Å². The molecule has 8 heteroatoms. The van der Waals surface area contributed by atoms with Crippen molar-refractivity contribution < 1.29 is 17.6 Å². The summed E-state index contributed by atoms with van der Waals surface area (Å²) in [6.07, 6.45) is 0. The molecule has 0 spiro atoms. The topological polar surface area (TPSA) is 75.3 Å². The van der Waals surface area contributed by atoms with Crippen LogP contribution in [0.25, 0.3) is 0 Å². The van der Waals surface area contributed by atoms with Gasteiger partial charge in [-0.25, -0.2) is 12.8 Å². The van der Waals surface area contributed by atoms with Crippen molar-refractivity contribution >= 4 is 43.2 Å². The van der Waals surface area contributed by atoms with Crippen LogP contribution in [0.5, 0.6) is 0 Å². The van der Waals surface area contributed by atoms with Crippen LogP contribution in [-0.4, -0.2) is 14.3 Å². The first-order valence-electron chi connectivity index (χ1n) is 7.80. The van der Waals surface area contributed by atoms with Crippen LogP contribution in [0.1, 0.15) is 10.4 Å². The number of para-hydroxylation sites is 2. The molecule has 138 valence electrons. The Morgan fingerprint density at radius 2 is 1.44 bits per heavy atom. The standard InChI is InChI=1S/C19H14BrFN2O3S/c20-13-9-11-14(12-10-13)27(25,26)23-17-7-3-1-5-15(17)19(24)22-18-8-4-2-6-16(18)21/h1-12,23H,(H,22,24). The van der Waals surface area contributed by atoms with Gasteiger partial charge < -0.3 is 5.32 Å². The van der Waals surface area contributed by atoms with Crippen LogP contribution in [0.3, 0.4) is 0 Å². The fourth-order valence-electron chi connectivity index (χ4n) is 2.34. The fraction of sp³-hybridized carbons (Fsp3) is 0. The minimum atomic E-state index is -3.89. The smallest absolute Gasteiger partial charge is 0.261 e. The monoisotopic (exact) mass is 448 g/mol. The second kappa shape index (κ2) is 7.89. The first kappa shape index (κ1) is 19.1. The number of hydrogen-bond donors (Lipinski definition) is 2. The molecule has 3 aromatic rings. The lowest BCUT2D eigenvalue weighted by atomic mass is 10.1. The maximum absolute atomic E-state index is 13.8. The highest BCUT2D eigenvalue weighted by molar-refractivity contribution is 9.10. The lowest BCUT2D eigenvalue weighted by Crippen LogP contribution is -2.19. The molecule has 0 heterocycles. The van der Waals surface area contributed by atoms with E-state index in [4.69, 9.17) is 0 Å². The van der Waals surface area contributed by atoms with Crippen molar-refractivity contribution in [2.24, 2.45) is 0 Å². The number of rotatable bonds is 5. The number of carbonyl (C=O) groups is 1. The molecule has 0 atom stereocenters. The molecule has 0 aromatic heterocycles. The first-order chi connectivity index (χ1) is 12.9. The zero-order valence-corrected chi connectivity index (χ0v) is 16.2. The van der Waals surface area contributed by atoms with Crippen LogP contribution in [-0.2, 0) is 10.0 Å². The van der Waals surface area contributed by atoms with Crippen LogP contribution in [0.4, 0.5) is 15.8 Å². The van der Waals surface area contributed by atoms with Crippen LogP contribution in [0, 0.1) is 5.82 Å². The summed E-state index contributed by atoms with van der Waals surface area (Å²) < 4.78 is 42.1. The molecule has 0 aliphatic rings. The number of carbonyl (C=O) groups excluding carboxylic acids is 1. The predicted octanol–water partition coefficient (Wildman–Crippen LogP) is 4.64. The molecular weight excluding hydrogens is 435 g/mol. The largest absolute Gasteiger partial charge is 0.319 e. The first-order valence-corrected chi connectivity index (χ1v) is 10.1. The molecule has 3 rings (SSSR count). The van der Waals surface area contributed by atoms with Crippen molar-refractivity contribution in [3.05, 3.63) is 88.6 Å². The van der Waals surface area contributed by atoms with Crippen molar-refractivity contribution in [2.75, 3.05) is 10.0 Å². The average molecular weight is 449 g/mol. The van der Waals surface area contributed by atoms with Gasteiger partial charge in [-0.05, 0) is 48.5 Å². The van der Waals surface area contributed by atoms with Crippen LogP contribution in [0.15, 0.2) is 82.2 Å². The zero-order chi connectivity index (χ0) is 19.4. The highest BCUT2D eigenvalue weighted by atomic mass is 79.9. The van der Waals surface area contributed by atoms with Gasteiger partial charge in [-0.2, -0.15) is 0 Å². The zero-order valence-electron chi connectivity index (χ0n) is 13.8. The molecule has 1 amide bonds. The van der Waals surface area contributed by atoms with Gasteiger partial charge in [0, 0.05) is 4.47 Å². The minimum absolute atomic E-state index is 0.00747. The predicted molar refractivity (Wildman–Crippen MR) is 106 cm³/mol. The van der Waals surface area contributed by atoms with E-state index in [1.165, 1.54) is 42.5 Å². The third-order valence-corrected chi connectivity index (χ3v) is 5.57. The summed E-state index contributed by atoms with van der Waals surface area (Å²) in [6, 6.07) is 17.9. The lowest BCUT2D eigenvalue weighted by Gasteiger charge is -2.13. The van der Waals surface area contributed by atoms with Crippen LogP contribution in [0.2, 0.25) is 0 Å². The molecule has 5 nitrogen and oxygen atoms in total. The summed E-state index contributed by atoms with van der Waals surface area (Å²) in [5.74, 6) is -1.21. The van der Waals surface area contributed by atoms with Crippen molar-refractivity contribution in [1.82, 2.24) is 0 Å². The van der Waals surface area contributed by atoms with E-state index < -0.39 is 21.7 Å². The van der Waals surface area contributed by atoms with Crippen molar-refractivity contribution in [1.29, 1.82) is 0 Å². The van der Waals surface area contributed by atoms with E-state index in [0.29, 0.717) is 0 Å². The second-order valence-corrected chi connectivity index (χ2v) is 8.14. The normalized spacial score (nSPS) is 11.0. The Labute approximate surface area is 164 Å². The number of halogens is 2. The van der Waals surface area contributed by atoms with E-state index in [1.54, 1.807) is 30.3 Å². The molecule has 0 saturated carbocycles. The maximum Gasteiger partial charge on any atom is 0.261 e. The Morgan fingerprint density at radius 1 is 0.852 bits per heavy atom. The molecule has 27 heavy (non-hydrogen) atoms. The van der Waals surface area contributed by atoms with E-state index in [-0.39, 0.29) is 21.8 Å². The molecule has 0 saturated heterocycles. The number of hydrogen-bond acceptors (Lipinski definition) is 3. The molecule has 0 aliphatic heterocycles. The molecule has 0 radical (unpaired) electrons. The Kier molecular flexibility index (Phi) is 5.57. The van der Waals surface area contributed by atoms with E-state index in [2.05, 4.69) is 26.0 Å². The summed E-state index contributed by atoms with van der Waals surface area (Å²) in [7, 11) is -3.89. The fourth-order valence-corrected chi connectivity index (χ4v) is 3.68. The highest BCUT2D eigenvalue weighted by Crippen LogP contribution is 2.23. The second-order valence-electron chi connectivity index (χ2n) is 5.54. The van der Waals surface area contributed by atoms with E-state index in [1.807, 2.05) is 0 Å². The van der Waals surface area contributed by atoms with E-state index in [9.17, 15) is 17.6 Å². The SMILES string of the molecule is O=C(Nc1ccccc1F)c1ccccc1NS(=O)(=O)c1ccc(Br)cc1. The molecule has 2 N–H and O–H groups in total. The quantitative estimate of drug-likeness (QED) is 0.596. The Morgan fingerprint density at radius 3 is 2.11 bits per heavy atom. The Hall–Kier alpha value is -2.71. The summed E-state index contributed by atoms with van der Waals surface area (Å²) in [5, 5.41) is 2.44. The van der Waals surface area contributed by atoms with Gasteiger partial charge in [0.2, 0.25) is 0 Å². The van der Waals surface area contributed by atoms with Crippen molar-refractivity contribution in [3.8, 4) is 0 Å². The molecule has 0 bridgehead atoms. The van der Waals surface area contributed by atoms with Gasteiger partial charge >= 0.3 is 0 Å². The summed E-state index contributed by atoms with van der Waals surface area (Å²) >= 11 is 3.25. The number of sulfonamides is 1. The molecular formula is C19H14BrFN2O3S. The third-order valence-electron chi connectivity index (χ3n) is 3.66. The minimum Gasteiger partial charge on any atom is -0.319 e. The number of benzene rings is 3. The lowest BCUT2D eigenvalue weighted by molar-refractivity contribution is 0.102. The van der Waals surface area contributed by atoms with E-state index in [0.717, 1.165) is 4.47 Å². The molecule has 3 aromatic carbocycles. The summed E-state index contributed by atoms with van der Waals surface area (Å²) in [4.78, 5) is 12.6. The number of anilines is 2. The van der Waals surface area contributed by atoms with Gasteiger partial charge in [-0.15, -0.1) is 0 Å². The Bertz CT molecular complexity index is 1090. The average Bonchev–Trinajstić information content (AvgIpc) is 2.64.